The molecule has 0 radical (unpaired) electrons. The maximum Gasteiger partial charge on any atom is 0.285 e. The fourth-order valence-corrected chi connectivity index (χ4v) is 2.55. The van der Waals surface area contributed by atoms with E-state index in [9.17, 15) is 0 Å². The molecule has 0 heterocycles. The molecular formula is C15H32O3S. The lowest BCUT2D eigenvalue weighted by Gasteiger charge is -2.39. The second-order valence-corrected chi connectivity index (χ2v) is 5.05. The Hall–Kier alpha value is 0.230. The quantitative estimate of drug-likeness (QED) is 0.406. The van der Waals surface area contributed by atoms with Crippen molar-refractivity contribution in [3.8, 4) is 0 Å². The van der Waals surface area contributed by atoms with Gasteiger partial charge in [-0.15, -0.1) is 0 Å². The Balaban J connectivity index is 4.91. The van der Waals surface area contributed by atoms with Crippen molar-refractivity contribution in [3.05, 3.63) is 0 Å². The predicted molar refractivity (Wildman–Crippen MR) is 83.7 cm³/mol. The Morgan fingerprint density at radius 2 is 1.32 bits per heavy atom. The number of thiol groups is 1. The summed E-state index contributed by atoms with van der Waals surface area (Å²) in [6.45, 7) is 9.97. The zero-order valence-corrected chi connectivity index (χ0v) is 14.0. The largest absolute Gasteiger partial charge is 0.328 e. The van der Waals surface area contributed by atoms with Crippen LogP contribution in [-0.2, 0) is 14.2 Å². The molecule has 0 aliphatic heterocycles. The van der Waals surface area contributed by atoms with Gasteiger partial charge in [0.25, 0.3) is 5.97 Å². The summed E-state index contributed by atoms with van der Waals surface area (Å²) in [5.41, 5.74) is 0. The molecule has 4 heteroatoms. The molecule has 116 valence electrons. The molecule has 0 saturated carbocycles. The Morgan fingerprint density at radius 3 is 1.68 bits per heavy atom. The van der Waals surface area contributed by atoms with E-state index < -0.39 is 5.97 Å². The first-order valence-electron chi connectivity index (χ1n) is 7.73. The lowest BCUT2D eigenvalue weighted by Crippen LogP contribution is -2.46. The zero-order chi connectivity index (χ0) is 14.6. The van der Waals surface area contributed by atoms with Crippen LogP contribution in [0.1, 0.15) is 59.8 Å². The van der Waals surface area contributed by atoms with Gasteiger partial charge in [-0.3, -0.25) is 0 Å². The van der Waals surface area contributed by atoms with Crippen molar-refractivity contribution >= 4 is 12.6 Å². The number of unbranched alkanes of at least 4 members (excludes halogenated alkanes) is 1. The monoisotopic (exact) mass is 292 g/mol. The van der Waals surface area contributed by atoms with E-state index in [0.29, 0.717) is 19.8 Å². The van der Waals surface area contributed by atoms with E-state index in [1.807, 2.05) is 20.8 Å². The fraction of sp³-hybridized carbons (Fsp3) is 1.00. The second-order valence-electron chi connectivity index (χ2n) is 4.61. The van der Waals surface area contributed by atoms with Crippen LogP contribution < -0.4 is 0 Å². The number of ether oxygens (including phenoxy) is 3. The maximum atomic E-state index is 5.90. The molecular weight excluding hydrogens is 260 g/mol. The van der Waals surface area contributed by atoms with Gasteiger partial charge >= 0.3 is 0 Å². The smallest absolute Gasteiger partial charge is 0.285 e. The van der Waals surface area contributed by atoms with Crippen LogP contribution in [0.2, 0.25) is 0 Å². The molecule has 0 N–H and O–H groups in total. The summed E-state index contributed by atoms with van der Waals surface area (Å²) in [5.74, 6) is 0.304. The molecule has 0 fully saturated rings. The highest BCUT2D eigenvalue weighted by atomic mass is 32.1. The summed E-state index contributed by atoms with van der Waals surface area (Å²) < 4.78 is 17.7. The highest BCUT2D eigenvalue weighted by Crippen LogP contribution is 2.33. The third kappa shape index (κ3) is 6.98. The standard InChI is InChI=1S/C15H32O3S/c1-5-9-11-14(12-10-13-19)15(16-6-2,17-7-3)18-8-4/h14,19H,5-13H2,1-4H3. The molecule has 0 aromatic rings. The van der Waals surface area contributed by atoms with Crippen LogP contribution in [0.4, 0.5) is 0 Å². The summed E-state index contributed by atoms with van der Waals surface area (Å²) in [5, 5.41) is 0. The first-order chi connectivity index (χ1) is 9.20. The lowest BCUT2D eigenvalue weighted by molar-refractivity contribution is -0.403. The van der Waals surface area contributed by atoms with Gasteiger partial charge in [-0.05, 0) is 45.8 Å². The van der Waals surface area contributed by atoms with E-state index in [1.165, 1.54) is 12.8 Å². The summed E-state index contributed by atoms with van der Waals surface area (Å²) in [6, 6.07) is 0. The molecule has 1 unspecified atom stereocenters. The van der Waals surface area contributed by atoms with Gasteiger partial charge in [0.15, 0.2) is 0 Å². The molecule has 0 saturated heterocycles. The molecule has 1 atom stereocenters. The minimum Gasteiger partial charge on any atom is -0.328 e. The number of rotatable bonds is 13. The van der Waals surface area contributed by atoms with Crippen LogP contribution in [0, 0.1) is 5.92 Å². The van der Waals surface area contributed by atoms with Gasteiger partial charge in [0.2, 0.25) is 0 Å². The average Bonchev–Trinajstić information content (AvgIpc) is 2.39. The molecule has 0 bridgehead atoms. The molecule has 3 nitrogen and oxygen atoms in total. The minimum atomic E-state index is -0.865. The van der Waals surface area contributed by atoms with Gasteiger partial charge in [0.1, 0.15) is 0 Å². The fourth-order valence-electron chi connectivity index (χ4n) is 2.37. The Kier molecular flexibility index (Phi) is 12.2. The van der Waals surface area contributed by atoms with E-state index >= 15 is 0 Å². The van der Waals surface area contributed by atoms with E-state index in [2.05, 4.69) is 19.6 Å². The Labute approximate surface area is 124 Å². The van der Waals surface area contributed by atoms with E-state index in [0.717, 1.165) is 25.0 Å². The van der Waals surface area contributed by atoms with Crippen molar-refractivity contribution in [2.45, 2.75) is 65.8 Å². The number of hydrogen-bond donors (Lipinski definition) is 1. The van der Waals surface area contributed by atoms with Gasteiger partial charge in [0, 0.05) is 25.7 Å². The van der Waals surface area contributed by atoms with Crippen LogP contribution in [0.15, 0.2) is 0 Å². The minimum absolute atomic E-state index is 0.277. The molecule has 0 aliphatic rings. The van der Waals surface area contributed by atoms with Crippen molar-refractivity contribution in [1.29, 1.82) is 0 Å². The molecule has 0 aliphatic carbocycles. The number of hydrogen-bond acceptors (Lipinski definition) is 4. The van der Waals surface area contributed by atoms with Crippen LogP contribution >= 0.6 is 12.6 Å². The normalized spacial score (nSPS) is 13.7. The highest BCUT2D eigenvalue weighted by molar-refractivity contribution is 7.80. The predicted octanol–water partition coefficient (Wildman–Crippen LogP) is 4.27. The maximum absolute atomic E-state index is 5.90. The van der Waals surface area contributed by atoms with Crippen molar-refractivity contribution in [1.82, 2.24) is 0 Å². The summed E-state index contributed by atoms with van der Waals surface area (Å²) in [6.07, 6.45) is 5.52. The van der Waals surface area contributed by atoms with Crippen molar-refractivity contribution < 1.29 is 14.2 Å². The Bertz CT molecular complexity index is 175. The lowest BCUT2D eigenvalue weighted by atomic mass is 9.94. The van der Waals surface area contributed by atoms with Gasteiger partial charge in [0.05, 0.1) is 0 Å². The molecule has 0 aromatic heterocycles. The van der Waals surface area contributed by atoms with Gasteiger partial charge < -0.3 is 14.2 Å². The van der Waals surface area contributed by atoms with E-state index in [4.69, 9.17) is 14.2 Å². The van der Waals surface area contributed by atoms with E-state index in [1.54, 1.807) is 0 Å². The zero-order valence-electron chi connectivity index (χ0n) is 13.1. The van der Waals surface area contributed by atoms with Crippen molar-refractivity contribution in [2.24, 2.45) is 5.92 Å². The van der Waals surface area contributed by atoms with Gasteiger partial charge in [-0.25, -0.2) is 0 Å². The van der Waals surface area contributed by atoms with Crippen molar-refractivity contribution in [3.63, 3.8) is 0 Å². The molecule has 0 spiro atoms. The molecule has 19 heavy (non-hydrogen) atoms. The summed E-state index contributed by atoms with van der Waals surface area (Å²) in [4.78, 5) is 0. The summed E-state index contributed by atoms with van der Waals surface area (Å²) in [7, 11) is 0. The van der Waals surface area contributed by atoms with Gasteiger partial charge in [-0.2, -0.15) is 12.6 Å². The first-order valence-corrected chi connectivity index (χ1v) is 8.36. The van der Waals surface area contributed by atoms with E-state index in [-0.39, 0.29) is 5.92 Å². The SMILES string of the molecule is CCCCC(CCCS)C(OCC)(OCC)OCC. The first kappa shape index (κ1) is 19.2. The van der Waals surface area contributed by atoms with Gasteiger partial charge in [-0.1, -0.05) is 19.8 Å². The topological polar surface area (TPSA) is 27.7 Å². The Morgan fingerprint density at radius 1 is 0.842 bits per heavy atom. The highest BCUT2D eigenvalue weighted by Gasteiger charge is 2.41. The molecule has 0 rings (SSSR count). The molecule has 0 amide bonds. The van der Waals surface area contributed by atoms with Crippen molar-refractivity contribution in [2.75, 3.05) is 25.6 Å². The average molecular weight is 292 g/mol. The van der Waals surface area contributed by atoms with Crippen LogP contribution in [0.3, 0.4) is 0 Å². The van der Waals surface area contributed by atoms with Crippen LogP contribution in [0.5, 0.6) is 0 Å². The summed E-state index contributed by atoms with van der Waals surface area (Å²) >= 11 is 4.32. The second kappa shape index (κ2) is 12.0. The third-order valence-electron chi connectivity index (χ3n) is 3.15. The van der Waals surface area contributed by atoms with Crippen LogP contribution in [-0.4, -0.2) is 31.5 Å². The third-order valence-corrected chi connectivity index (χ3v) is 3.47. The van der Waals surface area contributed by atoms with Crippen LogP contribution in [0.25, 0.3) is 0 Å². The molecule has 0 aromatic carbocycles.